The molecule has 0 unspecified atom stereocenters. The highest BCUT2D eigenvalue weighted by Gasteiger charge is 2.36. The largest absolute Gasteiger partial charge is 0.450 e. The summed E-state index contributed by atoms with van der Waals surface area (Å²) in [6.07, 6.45) is -0.375. The topological polar surface area (TPSA) is 99.3 Å². The Balaban J connectivity index is 1.62. The van der Waals surface area contributed by atoms with Gasteiger partial charge in [0.2, 0.25) is 0 Å². The highest BCUT2D eigenvalue weighted by atomic mass is 16.6. The minimum absolute atomic E-state index is 0.171. The molecule has 2 aliphatic heterocycles. The van der Waals surface area contributed by atoms with Crippen LogP contribution in [0.3, 0.4) is 0 Å². The molecule has 1 N–H and O–H groups in total. The van der Waals surface area contributed by atoms with Gasteiger partial charge in [0.15, 0.2) is 0 Å². The fourth-order valence-corrected chi connectivity index (χ4v) is 3.41. The van der Waals surface area contributed by atoms with E-state index < -0.39 is 0 Å². The standard InChI is InChI=1S/C20H26N4O5/c1-4-29-20(28)23-9-7-22(8-10-23)19(27)21-14-5-6-15-16(11-14)18(26)24(17(15)25)12-13(2)3/h5-6,11,13H,4,7-10,12H2,1-3H3,(H,21,27). The molecule has 0 bridgehead atoms. The summed E-state index contributed by atoms with van der Waals surface area (Å²) >= 11 is 0. The molecule has 0 spiro atoms. The van der Waals surface area contributed by atoms with E-state index in [1.807, 2.05) is 13.8 Å². The summed E-state index contributed by atoms with van der Waals surface area (Å²) in [4.78, 5) is 53.7. The van der Waals surface area contributed by atoms with Crippen molar-refractivity contribution in [2.45, 2.75) is 20.8 Å². The Labute approximate surface area is 169 Å². The van der Waals surface area contributed by atoms with Crippen molar-refractivity contribution < 1.29 is 23.9 Å². The molecule has 29 heavy (non-hydrogen) atoms. The fraction of sp³-hybridized carbons (Fsp3) is 0.500. The maximum Gasteiger partial charge on any atom is 0.409 e. The van der Waals surface area contributed by atoms with Gasteiger partial charge in [-0.25, -0.2) is 9.59 Å². The van der Waals surface area contributed by atoms with Crippen LogP contribution in [0.4, 0.5) is 15.3 Å². The summed E-state index contributed by atoms with van der Waals surface area (Å²) in [5.41, 5.74) is 1.12. The molecule has 2 aliphatic rings. The molecule has 156 valence electrons. The van der Waals surface area contributed by atoms with Crippen molar-refractivity contribution in [3.8, 4) is 0 Å². The number of amides is 5. The Kier molecular flexibility index (Phi) is 6.05. The van der Waals surface area contributed by atoms with Crippen molar-refractivity contribution in [1.82, 2.24) is 14.7 Å². The van der Waals surface area contributed by atoms with Crippen LogP contribution in [0, 0.1) is 5.92 Å². The van der Waals surface area contributed by atoms with Gasteiger partial charge in [0.05, 0.1) is 17.7 Å². The van der Waals surface area contributed by atoms with Gasteiger partial charge >= 0.3 is 12.1 Å². The lowest BCUT2D eigenvalue weighted by molar-refractivity contribution is 0.0636. The summed E-state index contributed by atoms with van der Waals surface area (Å²) in [5.74, 6) is -0.464. The highest BCUT2D eigenvalue weighted by molar-refractivity contribution is 6.21. The van der Waals surface area contributed by atoms with Crippen LogP contribution in [0.2, 0.25) is 0 Å². The van der Waals surface area contributed by atoms with E-state index in [1.165, 1.54) is 4.90 Å². The molecule has 9 heteroatoms. The van der Waals surface area contributed by atoms with Gasteiger partial charge in [0.25, 0.3) is 11.8 Å². The van der Waals surface area contributed by atoms with Crippen molar-refractivity contribution in [3.63, 3.8) is 0 Å². The van der Waals surface area contributed by atoms with Gasteiger partial charge < -0.3 is 19.9 Å². The van der Waals surface area contributed by atoms with Crippen LogP contribution in [0.25, 0.3) is 0 Å². The third kappa shape index (κ3) is 4.33. The molecular weight excluding hydrogens is 376 g/mol. The minimum atomic E-state index is -0.375. The molecule has 5 amide bonds. The average Bonchev–Trinajstić information content (AvgIpc) is 2.92. The second-order valence-electron chi connectivity index (χ2n) is 7.48. The van der Waals surface area contributed by atoms with Crippen LogP contribution in [0.5, 0.6) is 0 Å². The number of anilines is 1. The smallest absolute Gasteiger partial charge is 0.409 e. The van der Waals surface area contributed by atoms with E-state index in [0.717, 1.165) is 0 Å². The first-order chi connectivity index (χ1) is 13.8. The van der Waals surface area contributed by atoms with Gasteiger partial charge in [0.1, 0.15) is 0 Å². The number of ether oxygens (including phenoxy) is 1. The Morgan fingerprint density at radius 1 is 1.03 bits per heavy atom. The van der Waals surface area contributed by atoms with Crippen LogP contribution >= 0.6 is 0 Å². The number of nitrogens with zero attached hydrogens (tertiary/aromatic N) is 3. The lowest BCUT2D eigenvalue weighted by Crippen LogP contribution is -2.51. The number of fused-ring (bicyclic) bond motifs is 1. The molecule has 9 nitrogen and oxygen atoms in total. The zero-order chi connectivity index (χ0) is 21.1. The number of benzene rings is 1. The monoisotopic (exact) mass is 402 g/mol. The van der Waals surface area contributed by atoms with Crippen LogP contribution < -0.4 is 5.32 Å². The molecule has 3 rings (SSSR count). The summed E-state index contributed by atoms with van der Waals surface area (Å²) < 4.78 is 4.97. The number of hydrogen-bond donors (Lipinski definition) is 1. The van der Waals surface area contributed by atoms with Crippen molar-refractivity contribution in [1.29, 1.82) is 0 Å². The molecule has 1 aromatic rings. The number of carbonyl (C=O) groups excluding carboxylic acids is 4. The summed E-state index contributed by atoms with van der Waals surface area (Å²) in [7, 11) is 0. The zero-order valence-electron chi connectivity index (χ0n) is 16.9. The summed E-state index contributed by atoms with van der Waals surface area (Å²) in [6.45, 7) is 7.87. The van der Waals surface area contributed by atoms with Gasteiger partial charge in [-0.3, -0.25) is 14.5 Å². The molecule has 0 aliphatic carbocycles. The van der Waals surface area contributed by atoms with E-state index in [4.69, 9.17) is 4.74 Å². The van der Waals surface area contributed by atoms with Crippen molar-refractivity contribution in [2.24, 2.45) is 5.92 Å². The van der Waals surface area contributed by atoms with Gasteiger partial charge in [-0.2, -0.15) is 0 Å². The third-order valence-electron chi connectivity index (χ3n) is 4.86. The van der Waals surface area contributed by atoms with Gasteiger partial charge in [0, 0.05) is 38.4 Å². The molecule has 0 radical (unpaired) electrons. The molecule has 1 aromatic carbocycles. The maximum atomic E-state index is 12.6. The summed E-state index contributed by atoms with van der Waals surface area (Å²) in [6, 6.07) is 4.42. The Hall–Kier alpha value is -3.10. The number of imide groups is 1. The van der Waals surface area contributed by atoms with Crippen molar-refractivity contribution in [3.05, 3.63) is 29.3 Å². The van der Waals surface area contributed by atoms with E-state index in [9.17, 15) is 19.2 Å². The van der Waals surface area contributed by atoms with Crippen LogP contribution in [0.15, 0.2) is 18.2 Å². The Morgan fingerprint density at radius 2 is 1.66 bits per heavy atom. The predicted molar refractivity (Wildman–Crippen MR) is 106 cm³/mol. The van der Waals surface area contributed by atoms with Crippen LogP contribution in [-0.4, -0.2) is 78.0 Å². The van der Waals surface area contributed by atoms with Gasteiger partial charge in [-0.1, -0.05) is 13.8 Å². The number of carbonyl (C=O) groups is 4. The fourth-order valence-electron chi connectivity index (χ4n) is 3.41. The third-order valence-corrected chi connectivity index (χ3v) is 4.86. The molecule has 0 atom stereocenters. The van der Waals surface area contributed by atoms with E-state index >= 15 is 0 Å². The van der Waals surface area contributed by atoms with E-state index in [2.05, 4.69) is 5.32 Å². The molecule has 2 heterocycles. The molecular formula is C20H26N4O5. The predicted octanol–water partition coefficient (Wildman–Crippen LogP) is 2.24. The minimum Gasteiger partial charge on any atom is -0.450 e. The number of rotatable bonds is 4. The summed E-state index contributed by atoms with van der Waals surface area (Å²) in [5, 5.41) is 2.77. The Morgan fingerprint density at radius 3 is 2.28 bits per heavy atom. The first-order valence-corrected chi connectivity index (χ1v) is 9.79. The SMILES string of the molecule is CCOC(=O)N1CCN(C(=O)Nc2ccc3c(c2)C(=O)N(CC(C)C)C3=O)CC1. The van der Waals surface area contributed by atoms with E-state index in [-0.39, 0.29) is 29.9 Å². The molecule has 1 fully saturated rings. The lowest BCUT2D eigenvalue weighted by Gasteiger charge is -2.34. The first kappa shape index (κ1) is 20.6. The van der Waals surface area contributed by atoms with Crippen LogP contribution in [-0.2, 0) is 4.74 Å². The second kappa shape index (κ2) is 8.50. The van der Waals surface area contributed by atoms with Crippen molar-refractivity contribution >= 4 is 29.6 Å². The second-order valence-corrected chi connectivity index (χ2v) is 7.48. The Bertz CT molecular complexity index is 830. The lowest BCUT2D eigenvalue weighted by atomic mass is 10.1. The van der Waals surface area contributed by atoms with E-state index in [1.54, 1.807) is 34.9 Å². The number of hydrogen-bond acceptors (Lipinski definition) is 5. The first-order valence-electron chi connectivity index (χ1n) is 9.79. The highest BCUT2D eigenvalue weighted by Crippen LogP contribution is 2.26. The van der Waals surface area contributed by atoms with Crippen LogP contribution in [0.1, 0.15) is 41.5 Å². The van der Waals surface area contributed by atoms with Gasteiger partial charge in [-0.05, 0) is 31.0 Å². The van der Waals surface area contributed by atoms with Crippen molar-refractivity contribution in [2.75, 3.05) is 44.6 Å². The molecule has 0 aromatic heterocycles. The van der Waals surface area contributed by atoms with Gasteiger partial charge in [-0.15, -0.1) is 0 Å². The number of piperazine rings is 1. The molecule has 1 saturated heterocycles. The average molecular weight is 402 g/mol. The quantitative estimate of drug-likeness (QED) is 0.779. The molecule has 0 saturated carbocycles. The maximum absolute atomic E-state index is 12.6. The normalized spacial score (nSPS) is 16.3. The zero-order valence-corrected chi connectivity index (χ0v) is 16.9. The number of nitrogens with one attached hydrogen (secondary N) is 1. The number of urea groups is 1. The van der Waals surface area contributed by atoms with E-state index in [0.29, 0.717) is 56.1 Å².